The molecule has 0 radical (unpaired) electrons. The zero-order valence-corrected chi connectivity index (χ0v) is 10.9. The van der Waals surface area contributed by atoms with Gasteiger partial charge in [0.05, 0.1) is 18.9 Å². The van der Waals surface area contributed by atoms with Crippen molar-refractivity contribution in [1.82, 2.24) is 9.78 Å². The highest BCUT2D eigenvalue weighted by Gasteiger charge is 2.33. The molecule has 0 saturated carbocycles. The van der Waals surface area contributed by atoms with E-state index in [1.54, 1.807) is 30.8 Å². The van der Waals surface area contributed by atoms with Gasteiger partial charge in [0.25, 0.3) is 0 Å². The number of aryl methyl sites for hydroxylation is 1. The Balaban J connectivity index is 3.04. The molecule has 1 aromatic rings. The van der Waals surface area contributed by atoms with Gasteiger partial charge in [-0.05, 0) is 26.8 Å². The van der Waals surface area contributed by atoms with Crippen LogP contribution < -0.4 is 0 Å². The minimum Gasteiger partial charge on any atom is -0.465 e. The molecule has 0 aliphatic heterocycles. The van der Waals surface area contributed by atoms with Crippen molar-refractivity contribution in [1.29, 1.82) is 0 Å². The highest BCUT2D eigenvalue weighted by molar-refractivity contribution is 6.00. The predicted molar refractivity (Wildman–Crippen MR) is 63.9 cm³/mol. The van der Waals surface area contributed by atoms with Crippen molar-refractivity contribution in [3.05, 3.63) is 18.0 Å². The molecule has 1 aromatic heterocycles. The first kappa shape index (κ1) is 14.2. The molecule has 0 aliphatic rings. The monoisotopic (exact) mass is 254 g/mol. The van der Waals surface area contributed by atoms with Crippen molar-refractivity contribution < 1.29 is 19.1 Å². The van der Waals surface area contributed by atoms with Gasteiger partial charge in [-0.2, -0.15) is 5.10 Å². The highest BCUT2D eigenvalue weighted by atomic mass is 16.6. The van der Waals surface area contributed by atoms with Gasteiger partial charge in [-0.25, -0.2) is 0 Å². The van der Waals surface area contributed by atoms with E-state index in [0.29, 0.717) is 12.2 Å². The first-order valence-electron chi connectivity index (χ1n) is 6.00. The van der Waals surface area contributed by atoms with Gasteiger partial charge < -0.3 is 9.47 Å². The van der Waals surface area contributed by atoms with Crippen molar-refractivity contribution in [2.24, 2.45) is 0 Å². The minimum atomic E-state index is -1.06. The lowest BCUT2D eigenvalue weighted by Crippen LogP contribution is -2.28. The Morgan fingerprint density at radius 1 is 1.22 bits per heavy atom. The summed E-state index contributed by atoms with van der Waals surface area (Å²) in [5.41, 5.74) is 0.495. The lowest BCUT2D eigenvalue weighted by Gasteiger charge is -2.15. The topological polar surface area (TPSA) is 70.4 Å². The van der Waals surface area contributed by atoms with Gasteiger partial charge in [-0.15, -0.1) is 0 Å². The molecule has 6 heteroatoms. The number of aromatic nitrogens is 2. The average molecular weight is 254 g/mol. The second kappa shape index (κ2) is 6.78. The molecule has 0 unspecified atom stereocenters. The van der Waals surface area contributed by atoms with Crippen LogP contribution >= 0.6 is 0 Å². The van der Waals surface area contributed by atoms with E-state index < -0.39 is 17.9 Å². The zero-order chi connectivity index (χ0) is 13.5. The van der Waals surface area contributed by atoms with Gasteiger partial charge >= 0.3 is 11.9 Å². The molecule has 100 valence electrons. The average Bonchev–Trinajstić information content (AvgIpc) is 2.78. The van der Waals surface area contributed by atoms with E-state index in [2.05, 4.69) is 5.10 Å². The van der Waals surface area contributed by atoms with Crippen LogP contribution in [0.15, 0.2) is 12.3 Å². The Kier molecular flexibility index (Phi) is 5.35. The third-order valence-corrected chi connectivity index (χ3v) is 2.39. The zero-order valence-electron chi connectivity index (χ0n) is 10.9. The quantitative estimate of drug-likeness (QED) is 0.562. The van der Waals surface area contributed by atoms with Crippen LogP contribution in [0.25, 0.3) is 0 Å². The summed E-state index contributed by atoms with van der Waals surface area (Å²) in [4.78, 5) is 23.7. The number of carbonyl (C=O) groups excluding carboxylic acids is 2. The Bertz CT molecular complexity index is 396. The number of hydrogen-bond donors (Lipinski definition) is 0. The summed E-state index contributed by atoms with van der Waals surface area (Å²) in [5.74, 6) is -2.27. The first-order valence-corrected chi connectivity index (χ1v) is 6.00. The van der Waals surface area contributed by atoms with E-state index in [4.69, 9.17) is 9.47 Å². The third kappa shape index (κ3) is 3.09. The van der Waals surface area contributed by atoms with Crippen molar-refractivity contribution in [3.8, 4) is 0 Å². The number of nitrogens with zero attached hydrogens (tertiary/aromatic N) is 2. The van der Waals surface area contributed by atoms with Gasteiger partial charge in [-0.1, -0.05) is 0 Å². The van der Waals surface area contributed by atoms with E-state index in [1.807, 2.05) is 6.92 Å². The van der Waals surface area contributed by atoms with E-state index in [0.717, 1.165) is 0 Å². The second-order valence-electron chi connectivity index (χ2n) is 3.51. The van der Waals surface area contributed by atoms with Gasteiger partial charge in [0.2, 0.25) is 0 Å². The molecule has 0 aliphatic carbocycles. The van der Waals surface area contributed by atoms with Gasteiger partial charge in [-0.3, -0.25) is 14.3 Å². The highest BCUT2D eigenvalue weighted by Crippen LogP contribution is 2.19. The summed E-state index contributed by atoms with van der Waals surface area (Å²) in [6.07, 6.45) is 1.55. The molecular weight excluding hydrogens is 236 g/mol. The largest absolute Gasteiger partial charge is 0.465 e. The Hall–Kier alpha value is -1.85. The van der Waals surface area contributed by atoms with Crippen molar-refractivity contribution >= 4 is 11.9 Å². The van der Waals surface area contributed by atoms with Crippen LogP contribution in [0.5, 0.6) is 0 Å². The summed E-state index contributed by atoms with van der Waals surface area (Å²) in [6.45, 7) is 6.26. The molecule has 0 saturated heterocycles. The van der Waals surface area contributed by atoms with E-state index in [1.165, 1.54) is 0 Å². The van der Waals surface area contributed by atoms with Crippen molar-refractivity contribution in [2.45, 2.75) is 33.2 Å². The fourth-order valence-corrected chi connectivity index (χ4v) is 1.64. The lowest BCUT2D eigenvalue weighted by atomic mass is 10.1. The smallest absolute Gasteiger partial charge is 0.326 e. The Morgan fingerprint density at radius 3 is 2.22 bits per heavy atom. The Labute approximate surface area is 106 Å². The molecule has 0 atom stereocenters. The lowest BCUT2D eigenvalue weighted by molar-refractivity contribution is -0.157. The molecule has 0 aromatic carbocycles. The molecule has 0 N–H and O–H groups in total. The SMILES string of the molecule is CCOC(=O)C(C(=O)OCC)c1ccnn1CC. The van der Waals surface area contributed by atoms with Gasteiger partial charge in [0.15, 0.2) is 5.92 Å². The van der Waals surface area contributed by atoms with Crippen LogP contribution in [0.4, 0.5) is 0 Å². The summed E-state index contributed by atoms with van der Waals surface area (Å²) >= 11 is 0. The first-order chi connectivity index (χ1) is 8.65. The van der Waals surface area contributed by atoms with Crippen molar-refractivity contribution in [2.75, 3.05) is 13.2 Å². The molecule has 0 spiro atoms. The number of carbonyl (C=O) groups is 2. The number of ether oxygens (including phenoxy) is 2. The van der Waals surface area contributed by atoms with Crippen LogP contribution in [0, 0.1) is 0 Å². The summed E-state index contributed by atoms with van der Waals surface area (Å²) < 4.78 is 11.4. The van der Waals surface area contributed by atoms with E-state index in [-0.39, 0.29) is 13.2 Å². The van der Waals surface area contributed by atoms with Gasteiger partial charge in [0.1, 0.15) is 0 Å². The molecule has 1 rings (SSSR count). The molecule has 0 fully saturated rings. The molecule has 0 bridgehead atoms. The maximum absolute atomic E-state index is 11.9. The standard InChI is InChI=1S/C12H18N2O4/c1-4-14-9(7-8-13-14)10(11(15)17-5-2)12(16)18-6-3/h7-8,10H,4-6H2,1-3H3. The second-order valence-corrected chi connectivity index (χ2v) is 3.51. The predicted octanol–water partition coefficient (Wildman–Crippen LogP) is 1.11. The molecule has 18 heavy (non-hydrogen) atoms. The van der Waals surface area contributed by atoms with Crippen LogP contribution in [0.1, 0.15) is 32.4 Å². The summed E-state index contributed by atoms with van der Waals surface area (Å²) in [5, 5.41) is 4.04. The van der Waals surface area contributed by atoms with Crippen LogP contribution in [0.3, 0.4) is 0 Å². The van der Waals surface area contributed by atoms with E-state index in [9.17, 15) is 9.59 Å². The maximum Gasteiger partial charge on any atom is 0.326 e. The van der Waals surface area contributed by atoms with E-state index >= 15 is 0 Å². The van der Waals surface area contributed by atoms with Crippen molar-refractivity contribution in [3.63, 3.8) is 0 Å². The Morgan fingerprint density at radius 2 is 1.78 bits per heavy atom. The number of hydrogen-bond acceptors (Lipinski definition) is 5. The molecule has 0 amide bonds. The number of rotatable bonds is 6. The van der Waals surface area contributed by atoms with Crippen LogP contribution in [-0.4, -0.2) is 34.9 Å². The molecule has 6 nitrogen and oxygen atoms in total. The fraction of sp³-hybridized carbons (Fsp3) is 0.583. The third-order valence-electron chi connectivity index (χ3n) is 2.39. The minimum absolute atomic E-state index is 0.217. The maximum atomic E-state index is 11.9. The van der Waals surface area contributed by atoms with Crippen LogP contribution in [0.2, 0.25) is 0 Å². The fourth-order valence-electron chi connectivity index (χ4n) is 1.64. The molecule has 1 heterocycles. The molecular formula is C12H18N2O4. The summed E-state index contributed by atoms with van der Waals surface area (Å²) in [7, 11) is 0. The van der Waals surface area contributed by atoms with Gasteiger partial charge in [0, 0.05) is 12.7 Å². The summed E-state index contributed by atoms with van der Waals surface area (Å²) in [6, 6.07) is 1.63. The van der Waals surface area contributed by atoms with Crippen LogP contribution in [-0.2, 0) is 25.6 Å². The normalized spacial score (nSPS) is 10.4. The number of esters is 2.